The first-order valence-electron chi connectivity index (χ1n) is 22.7. The molecule has 4 aromatic rings. The van der Waals surface area contributed by atoms with Crippen molar-refractivity contribution in [3.63, 3.8) is 0 Å². The summed E-state index contributed by atoms with van der Waals surface area (Å²) in [5, 5.41) is 2.71. The summed E-state index contributed by atoms with van der Waals surface area (Å²) in [6.07, 6.45) is 4.38. The molecule has 1 heterocycles. The number of Topliss-reactive ketones (excluding diaryl/α,β-unsaturated/α-hetero) is 3. The van der Waals surface area contributed by atoms with E-state index in [9.17, 15) is 32.4 Å². The van der Waals surface area contributed by atoms with E-state index in [0.29, 0.717) is 45.7 Å². The molecule has 4 aromatic carbocycles. The number of aryl methyl sites for hydroxylation is 1. The summed E-state index contributed by atoms with van der Waals surface area (Å²) in [7, 11) is -2.26. The maximum atomic E-state index is 14.8. The maximum absolute atomic E-state index is 14.8. The highest BCUT2D eigenvalue weighted by Crippen LogP contribution is 2.41. The number of nitrogens with one attached hydrogen (secondary N) is 1. The summed E-state index contributed by atoms with van der Waals surface area (Å²) in [5.74, 6) is -4.42. The molecule has 0 spiro atoms. The predicted molar refractivity (Wildman–Crippen MR) is 257 cm³/mol. The minimum Gasteiger partial charge on any atom is -0.492 e. The van der Waals surface area contributed by atoms with E-state index < -0.39 is 62.9 Å². The Kier molecular flexibility index (Phi) is 18.8. The van der Waals surface area contributed by atoms with Crippen LogP contribution in [0.1, 0.15) is 85.5 Å². The van der Waals surface area contributed by atoms with Crippen molar-refractivity contribution in [2.24, 2.45) is 29.0 Å². The van der Waals surface area contributed by atoms with Crippen molar-refractivity contribution < 1.29 is 41.9 Å². The van der Waals surface area contributed by atoms with Gasteiger partial charge in [0.15, 0.2) is 27.2 Å². The zero-order chi connectivity index (χ0) is 48.0. The van der Waals surface area contributed by atoms with E-state index in [2.05, 4.69) is 36.5 Å². The number of benzene rings is 4. The van der Waals surface area contributed by atoms with Crippen LogP contribution < -0.4 is 32.0 Å². The Morgan fingerprint density at radius 3 is 2.00 bits per heavy atom. The minimum atomic E-state index is -3.77. The summed E-state index contributed by atoms with van der Waals surface area (Å²) in [5.41, 5.74) is 23.3. The van der Waals surface area contributed by atoms with Crippen LogP contribution in [0.2, 0.25) is 0 Å². The molecule has 0 unspecified atom stereocenters. The van der Waals surface area contributed by atoms with E-state index in [1.54, 1.807) is 48.5 Å². The Hall–Kier alpha value is -5.74. The maximum Gasteiger partial charge on any atom is 0.226 e. The van der Waals surface area contributed by atoms with Crippen molar-refractivity contribution in [3.05, 3.63) is 107 Å². The molecule has 354 valence electrons. The number of amides is 2. The average molecular weight is 924 g/mol. The summed E-state index contributed by atoms with van der Waals surface area (Å²) in [4.78, 5) is 72.2. The number of ether oxygens (including phenoxy) is 2. The highest BCUT2D eigenvalue weighted by molar-refractivity contribution is 7.91. The Balaban J connectivity index is 1.55. The number of fused-ring (bicyclic) bond motifs is 5. The molecule has 66 heavy (non-hydrogen) atoms. The van der Waals surface area contributed by atoms with Crippen LogP contribution in [0.5, 0.6) is 11.5 Å². The van der Waals surface area contributed by atoms with Gasteiger partial charge in [0.25, 0.3) is 0 Å². The fourth-order valence-electron chi connectivity index (χ4n) is 8.25. The standard InChI is InChI=1S/C51H65N5O9S/c1-5-6-8-34-10-13-36(14-11-34)37-15-17-38(18-16-37)44(57)31-40(9-7-22-52)51(61)56(3)49-39-19-21-48(65-26-24-54)42(30-39)41-28-35(12-20-47(41)64-25-23-53)29-43(46(59)32-66(4,62)63)55-50(60)33(2)27-45(49)58/h10-21,28,30,33,40,43,49H,5-9,22-27,29,31-32,52-54H2,1-4H3,(H,55,60)/t33-,40-,43+,49+/m1/s1. The van der Waals surface area contributed by atoms with Crippen molar-refractivity contribution in [1.29, 1.82) is 0 Å². The van der Waals surface area contributed by atoms with Crippen molar-refractivity contribution in [2.45, 2.75) is 77.3 Å². The molecule has 0 aliphatic carbocycles. The van der Waals surface area contributed by atoms with Crippen molar-refractivity contribution in [1.82, 2.24) is 10.2 Å². The van der Waals surface area contributed by atoms with Crippen LogP contribution in [-0.2, 0) is 41.9 Å². The number of nitrogens with two attached hydrogens (primary N) is 3. The van der Waals surface area contributed by atoms with Crippen molar-refractivity contribution in [3.8, 4) is 33.8 Å². The Morgan fingerprint density at radius 1 is 0.803 bits per heavy atom. The molecule has 0 saturated heterocycles. The molecular weight excluding hydrogens is 859 g/mol. The van der Waals surface area contributed by atoms with Crippen LogP contribution in [0.15, 0.2) is 84.9 Å². The van der Waals surface area contributed by atoms with Gasteiger partial charge in [-0.2, -0.15) is 0 Å². The molecule has 0 aromatic heterocycles. The van der Waals surface area contributed by atoms with Gasteiger partial charge in [-0.15, -0.1) is 0 Å². The Bertz CT molecular complexity index is 2440. The van der Waals surface area contributed by atoms with Crippen LogP contribution in [0.25, 0.3) is 22.3 Å². The molecule has 15 heteroatoms. The van der Waals surface area contributed by atoms with E-state index in [0.717, 1.165) is 36.6 Å². The van der Waals surface area contributed by atoms with Gasteiger partial charge in [-0.3, -0.25) is 24.0 Å². The zero-order valence-electron chi connectivity index (χ0n) is 38.6. The van der Waals surface area contributed by atoms with E-state index >= 15 is 0 Å². The Labute approximate surface area is 388 Å². The number of rotatable bonds is 21. The molecule has 0 saturated carbocycles. The average Bonchev–Trinajstić information content (AvgIpc) is 3.30. The van der Waals surface area contributed by atoms with Gasteiger partial charge >= 0.3 is 0 Å². The molecule has 0 fully saturated rings. The zero-order valence-corrected chi connectivity index (χ0v) is 39.4. The van der Waals surface area contributed by atoms with Crippen LogP contribution in [-0.4, -0.2) is 100 Å². The van der Waals surface area contributed by atoms with E-state index in [1.165, 1.54) is 24.4 Å². The third-order valence-corrected chi connectivity index (χ3v) is 12.6. The van der Waals surface area contributed by atoms with Gasteiger partial charge in [0.2, 0.25) is 11.8 Å². The second-order valence-electron chi connectivity index (χ2n) is 17.2. The molecular formula is C51H65N5O9S. The number of carbonyl (C=O) groups is 5. The largest absolute Gasteiger partial charge is 0.492 e. The van der Waals surface area contributed by atoms with Gasteiger partial charge in [0.1, 0.15) is 36.5 Å². The van der Waals surface area contributed by atoms with Crippen LogP contribution in [0.3, 0.4) is 0 Å². The lowest BCUT2D eigenvalue weighted by Gasteiger charge is -2.32. The number of nitrogens with zero attached hydrogens (tertiary/aromatic N) is 1. The van der Waals surface area contributed by atoms with Crippen LogP contribution in [0, 0.1) is 11.8 Å². The second kappa shape index (κ2) is 24.2. The van der Waals surface area contributed by atoms with E-state index in [-0.39, 0.29) is 64.3 Å². The summed E-state index contributed by atoms with van der Waals surface area (Å²) >= 11 is 0. The number of ketones is 3. The lowest BCUT2D eigenvalue weighted by molar-refractivity contribution is -0.142. The number of carbonyl (C=O) groups excluding carboxylic acids is 5. The first kappa shape index (κ1) is 51.2. The number of hydrogen-bond donors (Lipinski definition) is 4. The third kappa shape index (κ3) is 13.9. The molecule has 14 nitrogen and oxygen atoms in total. The highest BCUT2D eigenvalue weighted by atomic mass is 32.2. The topological polar surface area (TPSA) is 231 Å². The second-order valence-corrected chi connectivity index (χ2v) is 19.4. The van der Waals surface area contributed by atoms with Crippen LogP contribution in [0.4, 0.5) is 0 Å². The normalized spacial score (nSPS) is 17.0. The number of unbranched alkanes of at least 4 members (excludes halogenated alkanes) is 1. The molecule has 4 atom stereocenters. The van der Waals surface area contributed by atoms with Crippen LogP contribution >= 0.6 is 0 Å². The number of sulfone groups is 1. The van der Waals surface area contributed by atoms with Gasteiger partial charge < -0.3 is 36.9 Å². The molecule has 1 aliphatic heterocycles. The molecule has 4 bridgehead atoms. The molecule has 5 rings (SSSR count). The third-order valence-electron chi connectivity index (χ3n) is 11.8. The van der Waals surface area contributed by atoms with Gasteiger partial charge in [0, 0.05) is 67.8 Å². The highest BCUT2D eigenvalue weighted by Gasteiger charge is 2.36. The summed E-state index contributed by atoms with van der Waals surface area (Å²) < 4.78 is 36.8. The molecule has 0 radical (unpaired) electrons. The monoisotopic (exact) mass is 923 g/mol. The fraction of sp³-hybridized carbons (Fsp3) is 0.431. The lowest BCUT2D eigenvalue weighted by Crippen LogP contribution is -2.47. The van der Waals surface area contributed by atoms with Gasteiger partial charge in [-0.05, 0) is 90.7 Å². The van der Waals surface area contributed by atoms with Crippen molar-refractivity contribution >= 4 is 39.0 Å². The number of hydrogen-bond acceptors (Lipinski definition) is 12. The smallest absolute Gasteiger partial charge is 0.226 e. The quantitative estimate of drug-likeness (QED) is 0.0769. The lowest BCUT2D eigenvalue weighted by atomic mass is 9.88. The van der Waals surface area contributed by atoms with E-state index in [4.69, 9.17) is 26.7 Å². The SMILES string of the molecule is CCCCc1ccc(-c2ccc(C(=O)C[C@@H](CCCN)C(=O)N(C)[C@@H]3C(=O)C[C@@H](C)C(=O)N[C@H](C(=O)CS(C)(=O)=O)Cc4ccc(OCCN)c(c4)-c4cc3ccc4OCCN)cc2)cc1. The Morgan fingerprint density at radius 2 is 1.41 bits per heavy atom. The van der Waals surface area contributed by atoms with Gasteiger partial charge in [-0.1, -0.05) is 80.9 Å². The minimum absolute atomic E-state index is 0.0660. The summed E-state index contributed by atoms with van der Waals surface area (Å²) in [6, 6.07) is 23.5. The first-order chi connectivity index (χ1) is 31.6. The molecule has 1 aliphatic rings. The fourth-order valence-corrected chi connectivity index (χ4v) is 8.96. The van der Waals surface area contributed by atoms with E-state index in [1.807, 2.05) is 12.1 Å². The first-order valence-corrected chi connectivity index (χ1v) is 24.8. The molecule has 2 amide bonds. The van der Waals surface area contributed by atoms with Crippen molar-refractivity contribution in [2.75, 3.05) is 51.9 Å². The predicted octanol–water partition coefficient (Wildman–Crippen LogP) is 5.42. The van der Waals surface area contributed by atoms with Gasteiger partial charge in [-0.25, -0.2) is 8.42 Å². The molecule has 7 N–H and O–H groups in total. The van der Waals surface area contributed by atoms with Gasteiger partial charge in [0.05, 0.1) is 6.04 Å². The summed E-state index contributed by atoms with van der Waals surface area (Å²) in [6.45, 7) is 4.65. The number of likely N-dealkylation sites (N-methyl/N-ethyl adjacent to an activating group) is 1.